The number of hydrogen-bond acceptors (Lipinski definition) is 1. The molecule has 0 bridgehead atoms. The van der Waals surface area contributed by atoms with Crippen LogP contribution in [0.1, 0.15) is 52.9 Å². The highest BCUT2D eigenvalue weighted by molar-refractivity contribution is 4.98. The Labute approximate surface area is 91.6 Å². The molecule has 0 amide bonds. The van der Waals surface area contributed by atoms with Gasteiger partial charge in [0.05, 0.1) is 5.54 Å². The molecule has 1 fully saturated rings. The van der Waals surface area contributed by atoms with Crippen LogP contribution in [-0.2, 0) is 0 Å². The van der Waals surface area contributed by atoms with Gasteiger partial charge in [-0.15, -0.1) is 0 Å². The maximum Gasteiger partial charge on any atom is 0.256 e. The molecule has 0 saturated heterocycles. The van der Waals surface area contributed by atoms with E-state index < -0.39 is 12.0 Å². The molecule has 1 atom stereocenters. The molecule has 0 aromatic carbocycles. The number of rotatable bonds is 4. The van der Waals surface area contributed by atoms with Crippen molar-refractivity contribution in [1.29, 1.82) is 0 Å². The van der Waals surface area contributed by atoms with E-state index >= 15 is 0 Å². The highest BCUT2D eigenvalue weighted by Gasteiger charge is 2.45. The molecule has 1 nitrogen and oxygen atoms in total. The van der Waals surface area contributed by atoms with Gasteiger partial charge in [0.15, 0.2) is 0 Å². The minimum Gasteiger partial charge on any atom is -0.306 e. The molecule has 1 rings (SSSR count). The fourth-order valence-corrected chi connectivity index (χ4v) is 2.70. The molecule has 1 N–H and O–H groups in total. The summed E-state index contributed by atoms with van der Waals surface area (Å²) in [5.41, 5.74) is -0.868. The minimum atomic E-state index is -2.25. The molecule has 1 unspecified atom stereocenters. The molecule has 90 valence electrons. The topological polar surface area (TPSA) is 12.0 Å². The van der Waals surface area contributed by atoms with Gasteiger partial charge in [-0.1, -0.05) is 27.2 Å². The van der Waals surface area contributed by atoms with Gasteiger partial charge in [-0.05, 0) is 37.6 Å². The van der Waals surface area contributed by atoms with E-state index in [0.717, 1.165) is 19.3 Å². The average Bonchev–Trinajstić information content (AvgIpc) is 2.13. The molecule has 0 aromatic rings. The summed E-state index contributed by atoms with van der Waals surface area (Å²) in [6.45, 7) is 6.90. The highest BCUT2D eigenvalue weighted by Crippen LogP contribution is 2.43. The third-order valence-electron chi connectivity index (χ3n) is 3.42. The first-order valence-corrected chi connectivity index (χ1v) is 5.95. The monoisotopic (exact) mass is 219 g/mol. The Bertz CT molecular complexity index is 204. The largest absolute Gasteiger partial charge is 0.306 e. The molecule has 0 radical (unpaired) electrons. The van der Waals surface area contributed by atoms with Crippen molar-refractivity contribution in [2.45, 2.75) is 64.8 Å². The van der Waals surface area contributed by atoms with Crippen molar-refractivity contribution in [3.05, 3.63) is 0 Å². The Morgan fingerprint density at radius 3 is 2.40 bits per heavy atom. The Morgan fingerprint density at radius 1 is 1.27 bits per heavy atom. The molecule has 1 saturated carbocycles. The van der Waals surface area contributed by atoms with E-state index in [-0.39, 0.29) is 5.41 Å². The van der Waals surface area contributed by atoms with Crippen molar-refractivity contribution in [2.75, 3.05) is 6.54 Å². The minimum absolute atomic E-state index is 0.0510. The van der Waals surface area contributed by atoms with Gasteiger partial charge in [0.2, 0.25) is 0 Å². The van der Waals surface area contributed by atoms with Crippen LogP contribution in [0.2, 0.25) is 0 Å². The molecular formula is C12H23F2N. The Hall–Kier alpha value is -0.180. The lowest BCUT2D eigenvalue weighted by molar-refractivity contribution is -0.0240. The summed E-state index contributed by atoms with van der Waals surface area (Å²) in [5, 5.41) is 3.09. The van der Waals surface area contributed by atoms with E-state index in [1.807, 2.05) is 6.92 Å². The van der Waals surface area contributed by atoms with E-state index in [0.29, 0.717) is 19.4 Å². The van der Waals surface area contributed by atoms with Crippen LogP contribution in [0, 0.1) is 5.41 Å². The van der Waals surface area contributed by atoms with E-state index in [4.69, 9.17) is 0 Å². The SMILES string of the molecule is CCCNC1(C(F)F)CCCC(C)(C)C1. The maximum atomic E-state index is 13.2. The fourth-order valence-electron chi connectivity index (χ4n) is 2.70. The van der Waals surface area contributed by atoms with Crippen LogP contribution in [0.25, 0.3) is 0 Å². The Kier molecular flexibility index (Phi) is 4.10. The average molecular weight is 219 g/mol. The normalized spacial score (nSPS) is 30.8. The predicted molar refractivity (Wildman–Crippen MR) is 59.3 cm³/mol. The quantitative estimate of drug-likeness (QED) is 0.762. The van der Waals surface area contributed by atoms with Crippen LogP contribution in [-0.4, -0.2) is 18.5 Å². The van der Waals surface area contributed by atoms with Crippen molar-refractivity contribution in [1.82, 2.24) is 5.32 Å². The summed E-state index contributed by atoms with van der Waals surface area (Å²) >= 11 is 0. The van der Waals surface area contributed by atoms with Crippen LogP contribution >= 0.6 is 0 Å². The molecular weight excluding hydrogens is 196 g/mol. The number of alkyl halides is 2. The zero-order valence-electron chi connectivity index (χ0n) is 10.1. The second kappa shape index (κ2) is 4.77. The summed E-state index contributed by atoms with van der Waals surface area (Å²) in [4.78, 5) is 0. The van der Waals surface area contributed by atoms with Crippen molar-refractivity contribution in [3.63, 3.8) is 0 Å². The second-order valence-corrected chi connectivity index (χ2v) is 5.58. The first kappa shape index (κ1) is 12.9. The summed E-state index contributed by atoms with van der Waals surface area (Å²) in [7, 11) is 0. The van der Waals surface area contributed by atoms with Gasteiger partial charge in [-0.2, -0.15) is 0 Å². The van der Waals surface area contributed by atoms with Crippen LogP contribution in [0.15, 0.2) is 0 Å². The molecule has 1 aliphatic carbocycles. The number of nitrogens with one attached hydrogen (secondary N) is 1. The summed E-state index contributed by atoms with van der Waals surface area (Å²) < 4.78 is 26.4. The van der Waals surface area contributed by atoms with E-state index in [1.54, 1.807) is 0 Å². The van der Waals surface area contributed by atoms with Gasteiger partial charge in [-0.25, -0.2) is 8.78 Å². The molecule has 0 aliphatic heterocycles. The maximum absolute atomic E-state index is 13.2. The van der Waals surface area contributed by atoms with Crippen LogP contribution < -0.4 is 5.32 Å². The zero-order valence-corrected chi connectivity index (χ0v) is 10.1. The second-order valence-electron chi connectivity index (χ2n) is 5.58. The van der Waals surface area contributed by atoms with Gasteiger partial charge < -0.3 is 5.32 Å². The first-order valence-electron chi connectivity index (χ1n) is 5.95. The molecule has 0 aromatic heterocycles. The first-order chi connectivity index (χ1) is 6.92. The van der Waals surface area contributed by atoms with Gasteiger partial charge in [-0.3, -0.25) is 0 Å². The molecule has 1 aliphatic rings. The van der Waals surface area contributed by atoms with Crippen LogP contribution in [0.5, 0.6) is 0 Å². The van der Waals surface area contributed by atoms with Crippen molar-refractivity contribution >= 4 is 0 Å². The van der Waals surface area contributed by atoms with Crippen LogP contribution in [0.3, 0.4) is 0 Å². The molecule has 15 heavy (non-hydrogen) atoms. The zero-order chi connectivity index (χ0) is 11.5. The standard InChI is InChI=1S/C12H23F2N/c1-4-8-15-12(10(13)14)7-5-6-11(2,3)9-12/h10,15H,4-9H2,1-3H3. The third kappa shape index (κ3) is 3.13. The van der Waals surface area contributed by atoms with Crippen molar-refractivity contribution < 1.29 is 8.78 Å². The smallest absolute Gasteiger partial charge is 0.256 e. The number of halogens is 2. The van der Waals surface area contributed by atoms with Crippen molar-refractivity contribution in [2.24, 2.45) is 5.41 Å². The molecule has 0 heterocycles. The fraction of sp³-hybridized carbons (Fsp3) is 1.00. The molecule has 3 heteroatoms. The Morgan fingerprint density at radius 2 is 1.93 bits per heavy atom. The summed E-state index contributed by atoms with van der Waals surface area (Å²) in [6, 6.07) is 0. The number of hydrogen-bond donors (Lipinski definition) is 1. The Balaban J connectivity index is 2.71. The lowest BCUT2D eigenvalue weighted by Crippen LogP contribution is -2.56. The van der Waals surface area contributed by atoms with E-state index in [9.17, 15) is 8.78 Å². The highest BCUT2D eigenvalue weighted by atomic mass is 19.3. The van der Waals surface area contributed by atoms with Crippen LogP contribution in [0.4, 0.5) is 8.78 Å². The van der Waals surface area contributed by atoms with Gasteiger partial charge in [0, 0.05) is 0 Å². The lowest BCUT2D eigenvalue weighted by atomic mass is 9.68. The van der Waals surface area contributed by atoms with E-state index in [1.165, 1.54) is 0 Å². The molecule has 0 spiro atoms. The van der Waals surface area contributed by atoms with Gasteiger partial charge >= 0.3 is 0 Å². The summed E-state index contributed by atoms with van der Waals surface area (Å²) in [6.07, 6.45) is 1.85. The predicted octanol–water partition coefficient (Wildman–Crippen LogP) is 3.59. The van der Waals surface area contributed by atoms with E-state index in [2.05, 4.69) is 19.2 Å². The third-order valence-corrected chi connectivity index (χ3v) is 3.42. The van der Waals surface area contributed by atoms with Gasteiger partial charge in [0.25, 0.3) is 6.43 Å². The van der Waals surface area contributed by atoms with Crippen molar-refractivity contribution in [3.8, 4) is 0 Å². The lowest BCUT2D eigenvalue weighted by Gasteiger charge is -2.45. The summed E-state index contributed by atoms with van der Waals surface area (Å²) in [5.74, 6) is 0. The van der Waals surface area contributed by atoms with Gasteiger partial charge in [0.1, 0.15) is 0 Å².